The van der Waals surface area contributed by atoms with Crippen LogP contribution in [0.3, 0.4) is 0 Å². The Kier molecular flexibility index (Phi) is 8.42. The van der Waals surface area contributed by atoms with E-state index in [-0.39, 0.29) is 13.2 Å². The number of aromatic nitrogens is 1. The molecule has 0 unspecified atom stereocenters. The van der Waals surface area contributed by atoms with Crippen molar-refractivity contribution in [1.82, 2.24) is 9.71 Å². The summed E-state index contributed by atoms with van der Waals surface area (Å²) in [6.45, 7) is 5.21. The zero-order valence-electron chi connectivity index (χ0n) is 19.3. The highest BCUT2D eigenvalue weighted by molar-refractivity contribution is 7.89. The number of carbonyl (C=O) groups excluding carboxylic acids is 1. The third kappa shape index (κ3) is 7.10. The molecule has 1 heterocycles. The third-order valence-corrected chi connectivity index (χ3v) is 7.35. The van der Waals surface area contributed by atoms with E-state index in [0.717, 1.165) is 16.9 Å². The van der Waals surface area contributed by atoms with Gasteiger partial charge in [-0.25, -0.2) is 22.9 Å². The second kappa shape index (κ2) is 11.1. The molecule has 0 radical (unpaired) electrons. The van der Waals surface area contributed by atoms with Gasteiger partial charge in [-0.3, -0.25) is 5.32 Å². The summed E-state index contributed by atoms with van der Waals surface area (Å²) in [6, 6.07) is 16.2. The van der Waals surface area contributed by atoms with Gasteiger partial charge in [0.15, 0.2) is 5.13 Å². The van der Waals surface area contributed by atoms with Crippen molar-refractivity contribution in [1.29, 1.82) is 0 Å². The molecular weight excluding hydrogens is 474 g/mol. The van der Waals surface area contributed by atoms with E-state index in [0.29, 0.717) is 27.6 Å². The minimum Gasteiger partial charge on any atom is -0.444 e. The van der Waals surface area contributed by atoms with Crippen molar-refractivity contribution in [2.75, 3.05) is 11.9 Å². The number of nitrogens with one attached hydrogen (secondary N) is 2. The summed E-state index contributed by atoms with van der Waals surface area (Å²) in [5.41, 5.74) is 1.37. The van der Waals surface area contributed by atoms with Crippen LogP contribution in [-0.2, 0) is 27.7 Å². The SMILES string of the molecule is CC(C)(C)OC(=O)Nc1ncc(CNS(=O)(=O)[C@@H](c2ccccc2)c2ccccc2CCO)s1. The van der Waals surface area contributed by atoms with Crippen LogP contribution in [0.15, 0.2) is 60.8 Å². The number of aliphatic hydroxyl groups excluding tert-OH is 1. The highest BCUT2D eigenvalue weighted by Gasteiger charge is 2.30. The Morgan fingerprint density at radius 3 is 2.47 bits per heavy atom. The molecule has 0 fully saturated rings. The molecule has 3 aromatic rings. The predicted molar refractivity (Wildman–Crippen MR) is 133 cm³/mol. The van der Waals surface area contributed by atoms with E-state index in [2.05, 4.69) is 15.0 Å². The monoisotopic (exact) mass is 503 g/mol. The number of anilines is 1. The molecule has 34 heavy (non-hydrogen) atoms. The van der Waals surface area contributed by atoms with Crippen molar-refractivity contribution in [2.45, 2.75) is 44.6 Å². The Labute approximate surface area is 204 Å². The van der Waals surface area contributed by atoms with Gasteiger partial charge in [0, 0.05) is 24.2 Å². The van der Waals surface area contributed by atoms with Gasteiger partial charge in [-0.1, -0.05) is 54.6 Å². The van der Waals surface area contributed by atoms with E-state index >= 15 is 0 Å². The van der Waals surface area contributed by atoms with Gasteiger partial charge in [-0.15, -0.1) is 11.3 Å². The van der Waals surface area contributed by atoms with Crippen molar-refractivity contribution in [3.05, 3.63) is 82.4 Å². The van der Waals surface area contributed by atoms with Gasteiger partial charge in [-0.2, -0.15) is 0 Å². The molecule has 0 spiro atoms. The molecule has 182 valence electrons. The first-order valence-corrected chi connectivity index (χ1v) is 13.1. The minimum absolute atomic E-state index is 0.0154. The number of ether oxygens (including phenoxy) is 1. The number of hydrogen-bond acceptors (Lipinski definition) is 7. The molecule has 1 aromatic heterocycles. The lowest BCUT2D eigenvalue weighted by atomic mass is 9.97. The maximum Gasteiger partial charge on any atom is 0.413 e. The number of carbonyl (C=O) groups is 1. The van der Waals surface area contributed by atoms with Crippen LogP contribution in [-0.4, -0.2) is 36.8 Å². The number of thiazole rings is 1. The number of rotatable bonds is 9. The molecule has 1 atom stereocenters. The Morgan fingerprint density at radius 1 is 1.12 bits per heavy atom. The fourth-order valence-corrected chi connectivity index (χ4v) is 5.82. The third-order valence-electron chi connectivity index (χ3n) is 4.74. The first kappa shape index (κ1) is 25.8. The Balaban J connectivity index is 1.80. The standard InChI is InChI=1S/C24H29N3O5S2/c1-24(2,3)32-23(29)27-22-25-15-19(33-22)16-26-34(30,31)21(18-10-5-4-6-11-18)20-12-8-7-9-17(20)13-14-28/h4-12,15,21,26,28H,13-14,16H2,1-3H3,(H,25,27,29)/t21-/m0/s1. The lowest BCUT2D eigenvalue weighted by Gasteiger charge is -2.22. The lowest BCUT2D eigenvalue weighted by molar-refractivity contribution is 0.0636. The van der Waals surface area contributed by atoms with Crippen LogP contribution >= 0.6 is 11.3 Å². The minimum atomic E-state index is -3.87. The Bertz CT molecular complexity index is 1200. The average molecular weight is 504 g/mol. The fourth-order valence-electron chi connectivity index (χ4n) is 3.38. The quantitative estimate of drug-likeness (QED) is 0.402. The number of benzene rings is 2. The predicted octanol–water partition coefficient (Wildman–Crippen LogP) is 4.23. The summed E-state index contributed by atoms with van der Waals surface area (Å²) in [7, 11) is -3.87. The molecule has 10 heteroatoms. The average Bonchev–Trinajstić information content (AvgIpc) is 3.20. The highest BCUT2D eigenvalue weighted by atomic mass is 32.2. The van der Waals surface area contributed by atoms with E-state index in [1.54, 1.807) is 57.2 Å². The van der Waals surface area contributed by atoms with Crippen LogP contribution in [0.25, 0.3) is 0 Å². The summed E-state index contributed by atoms with van der Waals surface area (Å²) in [5, 5.41) is 11.4. The highest BCUT2D eigenvalue weighted by Crippen LogP contribution is 2.32. The van der Waals surface area contributed by atoms with Gasteiger partial charge in [0.25, 0.3) is 0 Å². The lowest BCUT2D eigenvalue weighted by Crippen LogP contribution is -2.30. The van der Waals surface area contributed by atoms with Gasteiger partial charge >= 0.3 is 6.09 Å². The number of nitrogens with zero attached hydrogens (tertiary/aromatic N) is 1. The first-order chi connectivity index (χ1) is 16.1. The van der Waals surface area contributed by atoms with Crippen LogP contribution in [0.1, 0.15) is 47.6 Å². The van der Waals surface area contributed by atoms with Gasteiger partial charge in [0.2, 0.25) is 10.0 Å². The van der Waals surface area contributed by atoms with Gasteiger partial charge in [0.05, 0.1) is 0 Å². The Morgan fingerprint density at radius 2 is 1.79 bits per heavy atom. The molecule has 0 aliphatic rings. The molecule has 3 rings (SSSR count). The molecule has 3 N–H and O–H groups in total. The van der Waals surface area contributed by atoms with Crippen molar-refractivity contribution >= 4 is 32.6 Å². The second-order valence-electron chi connectivity index (χ2n) is 8.59. The van der Waals surface area contributed by atoms with E-state index < -0.39 is 27.0 Å². The number of amides is 1. The topological polar surface area (TPSA) is 118 Å². The van der Waals surface area contributed by atoms with E-state index in [1.165, 1.54) is 6.20 Å². The molecule has 0 aliphatic carbocycles. The van der Waals surface area contributed by atoms with Gasteiger partial charge < -0.3 is 9.84 Å². The maximum atomic E-state index is 13.5. The molecular formula is C24H29N3O5S2. The largest absolute Gasteiger partial charge is 0.444 e. The van der Waals surface area contributed by atoms with Crippen LogP contribution in [0.5, 0.6) is 0 Å². The zero-order valence-corrected chi connectivity index (χ0v) is 20.9. The Hall–Kier alpha value is -2.79. The summed E-state index contributed by atoms with van der Waals surface area (Å²) in [6.07, 6.45) is 1.24. The summed E-state index contributed by atoms with van der Waals surface area (Å²) in [5.74, 6) is 0. The van der Waals surface area contributed by atoms with Crippen molar-refractivity contribution in [3.8, 4) is 0 Å². The van der Waals surface area contributed by atoms with Crippen molar-refractivity contribution in [3.63, 3.8) is 0 Å². The summed E-state index contributed by atoms with van der Waals surface area (Å²) in [4.78, 5) is 16.7. The van der Waals surface area contributed by atoms with Crippen molar-refractivity contribution in [2.24, 2.45) is 0 Å². The number of hydrogen-bond donors (Lipinski definition) is 3. The van der Waals surface area contributed by atoms with E-state index in [1.807, 2.05) is 18.2 Å². The molecule has 1 amide bonds. The number of aliphatic hydroxyl groups is 1. The van der Waals surface area contributed by atoms with Crippen LogP contribution in [0, 0.1) is 0 Å². The van der Waals surface area contributed by atoms with Crippen LogP contribution in [0.4, 0.5) is 9.93 Å². The van der Waals surface area contributed by atoms with Gasteiger partial charge in [0.1, 0.15) is 10.9 Å². The maximum absolute atomic E-state index is 13.5. The molecule has 0 saturated carbocycles. The summed E-state index contributed by atoms with van der Waals surface area (Å²) >= 11 is 1.16. The molecule has 8 nitrogen and oxygen atoms in total. The smallest absolute Gasteiger partial charge is 0.413 e. The van der Waals surface area contributed by atoms with Gasteiger partial charge in [-0.05, 0) is 43.9 Å². The first-order valence-electron chi connectivity index (χ1n) is 10.8. The van der Waals surface area contributed by atoms with Crippen molar-refractivity contribution < 1.29 is 23.1 Å². The zero-order chi connectivity index (χ0) is 24.8. The fraction of sp³-hybridized carbons (Fsp3) is 0.333. The molecule has 0 bridgehead atoms. The second-order valence-corrected chi connectivity index (χ2v) is 11.6. The van der Waals surface area contributed by atoms with Crippen LogP contribution < -0.4 is 10.0 Å². The number of sulfonamides is 1. The molecule has 0 aliphatic heterocycles. The molecule has 2 aromatic carbocycles. The summed E-state index contributed by atoms with van der Waals surface area (Å²) < 4.78 is 34.9. The van der Waals surface area contributed by atoms with E-state index in [9.17, 15) is 18.3 Å². The molecule has 0 saturated heterocycles. The normalized spacial score (nSPS) is 12.8. The van der Waals surface area contributed by atoms with E-state index in [4.69, 9.17) is 4.74 Å². The van der Waals surface area contributed by atoms with Crippen LogP contribution in [0.2, 0.25) is 0 Å².